The van der Waals surface area contributed by atoms with Crippen LogP contribution in [0.4, 0.5) is 0 Å². The largest absolute Gasteiger partial charge is 0.375 e. The summed E-state index contributed by atoms with van der Waals surface area (Å²) in [6, 6.07) is 0. The molecule has 1 aliphatic heterocycles. The number of carbonyl (C=O) groups is 1. The minimum atomic E-state index is -0.447. The maximum Gasteiger partial charge on any atom is 0.229 e. The zero-order chi connectivity index (χ0) is 10.8. The van der Waals surface area contributed by atoms with Crippen LogP contribution in [0.2, 0.25) is 0 Å². The highest BCUT2D eigenvalue weighted by atomic mass is 16.5. The Morgan fingerprint density at radius 3 is 2.79 bits per heavy atom. The molecule has 1 amide bonds. The molecule has 1 saturated heterocycles. The van der Waals surface area contributed by atoms with Crippen molar-refractivity contribution in [3.8, 4) is 0 Å². The van der Waals surface area contributed by atoms with Crippen LogP contribution >= 0.6 is 0 Å². The molecule has 1 fully saturated rings. The van der Waals surface area contributed by atoms with Crippen molar-refractivity contribution < 1.29 is 9.53 Å². The Morgan fingerprint density at radius 1 is 1.64 bits per heavy atom. The van der Waals surface area contributed by atoms with Gasteiger partial charge in [-0.05, 0) is 20.8 Å². The maximum absolute atomic E-state index is 12.0. The quantitative estimate of drug-likeness (QED) is 0.693. The highest BCUT2D eigenvalue weighted by Gasteiger charge is 2.32. The lowest BCUT2D eigenvalue weighted by Crippen LogP contribution is -2.51. The number of nitrogens with two attached hydrogens (primary N) is 1. The molecule has 0 saturated carbocycles. The standard InChI is InChI=1S/C10H20N2O2/c1-8-6-12(4-5-14-8)9(13)10(2,3)7-11/h8H,4-7,11H2,1-3H3. The fraction of sp³-hybridized carbons (Fsp3) is 0.900. The molecule has 0 spiro atoms. The Kier molecular flexibility index (Phi) is 3.50. The molecule has 0 aliphatic carbocycles. The molecule has 2 N–H and O–H groups in total. The van der Waals surface area contributed by atoms with E-state index in [2.05, 4.69) is 0 Å². The Morgan fingerprint density at radius 2 is 2.29 bits per heavy atom. The number of carbonyl (C=O) groups excluding carboxylic acids is 1. The number of hydrogen-bond acceptors (Lipinski definition) is 3. The van der Waals surface area contributed by atoms with E-state index in [1.54, 1.807) is 0 Å². The minimum Gasteiger partial charge on any atom is -0.375 e. The first-order chi connectivity index (χ1) is 6.47. The van der Waals surface area contributed by atoms with E-state index in [9.17, 15) is 4.79 Å². The molecule has 0 aromatic rings. The number of hydrogen-bond donors (Lipinski definition) is 1. The van der Waals surface area contributed by atoms with Gasteiger partial charge in [-0.15, -0.1) is 0 Å². The summed E-state index contributed by atoms with van der Waals surface area (Å²) in [7, 11) is 0. The van der Waals surface area contributed by atoms with Crippen molar-refractivity contribution in [3.63, 3.8) is 0 Å². The number of amides is 1. The summed E-state index contributed by atoms with van der Waals surface area (Å²) in [5.41, 5.74) is 5.12. The third kappa shape index (κ3) is 2.45. The summed E-state index contributed by atoms with van der Waals surface area (Å²) in [4.78, 5) is 13.8. The molecule has 4 nitrogen and oxygen atoms in total. The van der Waals surface area contributed by atoms with Crippen LogP contribution in [0.1, 0.15) is 20.8 Å². The van der Waals surface area contributed by atoms with E-state index in [4.69, 9.17) is 10.5 Å². The lowest BCUT2D eigenvalue weighted by Gasteiger charge is -2.36. The van der Waals surface area contributed by atoms with Crippen LogP contribution in [0.25, 0.3) is 0 Å². The summed E-state index contributed by atoms with van der Waals surface area (Å²) in [6.45, 7) is 8.14. The first kappa shape index (κ1) is 11.5. The van der Waals surface area contributed by atoms with Crippen LogP contribution in [0.15, 0.2) is 0 Å². The first-order valence-electron chi connectivity index (χ1n) is 5.08. The summed E-state index contributed by atoms with van der Waals surface area (Å²) in [5.74, 6) is 0.134. The Bertz CT molecular complexity index is 216. The molecular weight excluding hydrogens is 180 g/mol. The lowest BCUT2D eigenvalue weighted by atomic mass is 9.91. The average molecular weight is 200 g/mol. The van der Waals surface area contributed by atoms with Crippen molar-refractivity contribution in [3.05, 3.63) is 0 Å². The van der Waals surface area contributed by atoms with Gasteiger partial charge in [0.05, 0.1) is 18.1 Å². The van der Waals surface area contributed by atoms with E-state index < -0.39 is 5.41 Å². The molecule has 14 heavy (non-hydrogen) atoms. The van der Waals surface area contributed by atoms with Crippen molar-refractivity contribution in [2.24, 2.45) is 11.1 Å². The second kappa shape index (κ2) is 4.28. The minimum absolute atomic E-state index is 0.134. The van der Waals surface area contributed by atoms with Gasteiger partial charge in [-0.1, -0.05) is 0 Å². The average Bonchev–Trinajstić information content (AvgIpc) is 2.16. The van der Waals surface area contributed by atoms with Gasteiger partial charge in [0.25, 0.3) is 0 Å². The van der Waals surface area contributed by atoms with E-state index in [0.29, 0.717) is 26.2 Å². The first-order valence-corrected chi connectivity index (χ1v) is 5.08. The third-order valence-corrected chi connectivity index (χ3v) is 2.62. The van der Waals surface area contributed by atoms with Crippen molar-refractivity contribution in [2.75, 3.05) is 26.2 Å². The van der Waals surface area contributed by atoms with Crippen molar-refractivity contribution >= 4 is 5.91 Å². The number of nitrogens with zero attached hydrogens (tertiary/aromatic N) is 1. The summed E-state index contributed by atoms with van der Waals surface area (Å²) < 4.78 is 5.38. The second-order valence-electron chi connectivity index (χ2n) is 4.52. The second-order valence-corrected chi connectivity index (χ2v) is 4.52. The number of rotatable bonds is 2. The van der Waals surface area contributed by atoms with E-state index in [0.717, 1.165) is 0 Å². The smallest absolute Gasteiger partial charge is 0.229 e. The van der Waals surface area contributed by atoms with Gasteiger partial charge in [-0.2, -0.15) is 0 Å². The van der Waals surface area contributed by atoms with Gasteiger partial charge in [-0.25, -0.2) is 0 Å². The molecule has 82 valence electrons. The van der Waals surface area contributed by atoms with Crippen LogP contribution in [0.5, 0.6) is 0 Å². The van der Waals surface area contributed by atoms with Gasteiger partial charge in [-0.3, -0.25) is 4.79 Å². The fourth-order valence-electron chi connectivity index (χ4n) is 1.52. The molecule has 1 aliphatic rings. The van der Waals surface area contributed by atoms with Crippen LogP contribution in [0.3, 0.4) is 0 Å². The van der Waals surface area contributed by atoms with Crippen LogP contribution in [0, 0.1) is 5.41 Å². The SMILES string of the molecule is CC1CN(C(=O)C(C)(C)CN)CCO1. The number of morpholine rings is 1. The summed E-state index contributed by atoms with van der Waals surface area (Å²) >= 11 is 0. The van der Waals surface area contributed by atoms with Crippen LogP contribution in [-0.4, -0.2) is 43.2 Å². The Labute approximate surface area is 85.4 Å². The van der Waals surface area contributed by atoms with Gasteiger partial charge in [0.2, 0.25) is 5.91 Å². The Balaban J connectivity index is 2.60. The zero-order valence-electron chi connectivity index (χ0n) is 9.25. The molecular formula is C10H20N2O2. The maximum atomic E-state index is 12.0. The molecule has 1 atom stereocenters. The molecule has 4 heteroatoms. The van der Waals surface area contributed by atoms with Gasteiger partial charge in [0, 0.05) is 19.6 Å². The van der Waals surface area contributed by atoms with Gasteiger partial charge >= 0.3 is 0 Å². The van der Waals surface area contributed by atoms with E-state index in [1.807, 2.05) is 25.7 Å². The third-order valence-electron chi connectivity index (χ3n) is 2.62. The van der Waals surface area contributed by atoms with Crippen LogP contribution < -0.4 is 5.73 Å². The van der Waals surface area contributed by atoms with Gasteiger partial charge in [0.1, 0.15) is 0 Å². The summed E-state index contributed by atoms with van der Waals surface area (Å²) in [6.07, 6.45) is 0.140. The molecule has 0 aromatic heterocycles. The van der Waals surface area contributed by atoms with Crippen molar-refractivity contribution in [1.29, 1.82) is 0 Å². The molecule has 0 aromatic carbocycles. The molecule has 1 heterocycles. The summed E-state index contributed by atoms with van der Waals surface area (Å²) in [5, 5.41) is 0. The van der Waals surface area contributed by atoms with E-state index in [-0.39, 0.29) is 12.0 Å². The highest BCUT2D eigenvalue weighted by Crippen LogP contribution is 2.18. The molecule has 1 unspecified atom stereocenters. The van der Waals surface area contributed by atoms with Crippen LogP contribution in [-0.2, 0) is 9.53 Å². The highest BCUT2D eigenvalue weighted by molar-refractivity contribution is 5.82. The zero-order valence-corrected chi connectivity index (χ0v) is 9.25. The van der Waals surface area contributed by atoms with E-state index >= 15 is 0 Å². The van der Waals surface area contributed by atoms with Gasteiger partial charge < -0.3 is 15.4 Å². The predicted molar refractivity (Wildman–Crippen MR) is 54.8 cm³/mol. The lowest BCUT2D eigenvalue weighted by molar-refractivity contribution is -0.146. The molecule has 0 radical (unpaired) electrons. The van der Waals surface area contributed by atoms with E-state index in [1.165, 1.54) is 0 Å². The fourth-order valence-corrected chi connectivity index (χ4v) is 1.52. The monoisotopic (exact) mass is 200 g/mol. The predicted octanol–water partition coefficient (Wildman–Crippen LogP) is 0.219. The number of ether oxygens (including phenoxy) is 1. The topological polar surface area (TPSA) is 55.6 Å². The van der Waals surface area contributed by atoms with Crippen molar-refractivity contribution in [1.82, 2.24) is 4.90 Å². The van der Waals surface area contributed by atoms with Gasteiger partial charge in [0.15, 0.2) is 0 Å². The molecule has 0 bridgehead atoms. The normalized spacial score (nSPS) is 23.7. The van der Waals surface area contributed by atoms with Crippen molar-refractivity contribution in [2.45, 2.75) is 26.9 Å². The molecule has 1 rings (SSSR count). The Hall–Kier alpha value is -0.610.